The first-order chi connectivity index (χ1) is 8.15. The molecule has 1 aromatic carbocycles. The SMILES string of the molecule is Cn1cc(C(N)CSc2ccc(F)cc2)cn1. The van der Waals surface area contributed by atoms with Gasteiger partial charge >= 0.3 is 0 Å². The van der Waals surface area contributed by atoms with Gasteiger partial charge in [0.25, 0.3) is 0 Å². The predicted octanol–water partition coefficient (Wildman–Crippen LogP) is 2.35. The molecular weight excluding hydrogens is 237 g/mol. The average Bonchev–Trinajstić information content (AvgIpc) is 2.75. The van der Waals surface area contributed by atoms with E-state index in [1.54, 1.807) is 34.8 Å². The van der Waals surface area contributed by atoms with Crippen LogP contribution in [-0.4, -0.2) is 15.5 Å². The van der Waals surface area contributed by atoms with Gasteiger partial charge in [-0.25, -0.2) is 4.39 Å². The summed E-state index contributed by atoms with van der Waals surface area (Å²) < 4.78 is 14.4. The highest BCUT2D eigenvalue weighted by molar-refractivity contribution is 7.99. The molecule has 0 fully saturated rings. The molecule has 90 valence electrons. The molecule has 0 aliphatic heterocycles. The summed E-state index contributed by atoms with van der Waals surface area (Å²) in [5.74, 6) is 0.531. The lowest BCUT2D eigenvalue weighted by Crippen LogP contribution is -2.12. The molecule has 0 amide bonds. The van der Waals surface area contributed by atoms with E-state index in [-0.39, 0.29) is 11.9 Å². The smallest absolute Gasteiger partial charge is 0.123 e. The van der Waals surface area contributed by atoms with Gasteiger partial charge in [-0.3, -0.25) is 4.68 Å². The number of aryl methyl sites for hydroxylation is 1. The Morgan fingerprint density at radius 3 is 2.71 bits per heavy atom. The Morgan fingerprint density at radius 2 is 2.12 bits per heavy atom. The lowest BCUT2D eigenvalue weighted by molar-refractivity contribution is 0.626. The van der Waals surface area contributed by atoms with E-state index in [0.717, 1.165) is 16.2 Å². The zero-order chi connectivity index (χ0) is 12.3. The van der Waals surface area contributed by atoms with E-state index in [9.17, 15) is 4.39 Å². The number of aromatic nitrogens is 2. The van der Waals surface area contributed by atoms with Gasteiger partial charge in [-0.1, -0.05) is 0 Å². The Labute approximate surface area is 104 Å². The predicted molar refractivity (Wildman–Crippen MR) is 67.3 cm³/mol. The quantitative estimate of drug-likeness (QED) is 0.848. The fourth-order valence-electron chi connectivity index (χ4n) is 1.44. The molecule has 1 atom stereocenters. The first-order valence-corrected chi connectivity index (χ1v) is 6.26. The average molecular weight is 251 g/mol. The van der Waals surface area contributed by atoms with Gasteiger partial charge in [0, 0.05) is 35.5 Å². The molecule has 0 bridgehead atoms. The Balaban J connectivity index is 1.92. The number of thioether (sulfide) groups is 1. The lowest BCUT2D eigenvalue weighted by Gasteiger charge is -2.08. The second-order valence-electron chi connectivity index (χ2n) is 3.82. The largest absolute Gasteiger partial charge is 0.323 e. The number of hydrogen-bond donors (Lipinski definition) is 1. The van der Waals surface area contributed by atoms with E-state index in [1.807, 2.05) is 13.2 Å². The van der Waals surface area contributed by atoms with Crippen LogP contribution in [0.4, 0.5) is 4.39 Å². The molecule has 0 aliphatic carbocycles. The van der Waals surface area contributed by atoms with E-state index in [1.165, 1.54) is 12.1 Å². The van der Waals surface area contributed by atoms with Crippen LogP contribution in [0.25, 0.3) is 0 Å². The molecule has 0 saturated carbocycles. The fraction of sp³-hybridized carbons (Fsp3) is 0.250. The molecule has 3 nitrogen and oxygen atoms in total. The van der Waals surface area contributed by atoms with Crippen molar-refractivity contribution in [3.05, 3.63) is 48.0 Å². The molecule has 17 heavy (non-hydrogen) atoms. The van der Waals surface area contributed by atoms with E-state index in [4.69, 9.17) is 5.73 Å². The second kappa shape index (κ2) is 5.33. The minimum atomic E-state index is -0.217. The Hall–Kier alpha value is -1.33. The monoisotopic (exact) mass is 251 g/mol. The van der Waals surface area contributed by atoms with Crippen molar-refractivity contribution in [1.29, 1.82) is 0 Å². The minimum Gasteiger partial charge on any atom is -0.323 e. The summed E-state index contributed by atoms with van der Waals surface area (Å²) >= 11 is 1.61. The third kappa shape index (κ3) is 3.31. The van der Waals surface area contributed by atoms with E-state index >= 15 is 0 Å². The standard InChI is InChI=1S/C12H14FN3S/c1-16-7-9(6-15-16)12(14)8-17-11-4-2-10(13)3-5-11/h2-7,12H,8,14H2,1H3. The first kappa shape index (κ1) is 12.1. The van der Waals surface area contributed by atoms with Crippen molar-refractivity contribution in [2.75, 3.05) is 5.75 Å². The van der Waals surface area contributed by atoms with Crippen molar-refractivity contribution in [2.45, 2.75) is 10.9 Å². The Morgan fingerprint density at radius 1 is 1.41 bits per heavy atom. The Bertz CT molecular complexity index is 481. The summed E-state index contributed by atoms with van der Waals surface area (Å²) in [5, 5.41) is 4.08. The van der Waals surface area contributed by atoms with Crippen molar-refractivity contribution in [3.63, 3.8) is 0 Å². The number of nitrogens with zero attached hydrogens (tertiary/aromatic N) is 2. The molecule has 0 saturated heterocycles. The summed E-state index contributed by atoms with van der Waals surface area (Å²) in [6.07, 6.45) is 3.69. The minimum absolute atomic E-state index is 0.0567. The van der Waals surface area contributed by atoms with Crippen LogP contribution in [0.3, 0.4) is 0 Å². The molecular formula is C12H14FN3S. The van der Waals surface area contributed by atoms with Gasteiger partial charge in [-0.2, -0.15) is 5.10 Å². The van der Waals surface area contributed by atoms with Crippen LogP contribution in [0.5, 0.6) is 0 Å². The summed E-state index contributed by atoms with van der Waals surface area (Å²) in [7, 11) is 1.86. The summed E-state index contributed by atoms with van der Waals surface area (Å²) in [4.78, 5) is 1.02. The van der Waals surface area contributed by atoms with Crippen LogP contribution < -0.4 is 5.73 Å². The topological polar surface area (TPSA) is 43.8 Å². The second-order valence-corrected chi connectivity index (χ2v) is 4.91. The molecule has 0 spiro atoms. The van der Waals surface area contributed by atoms with Crippen molar-refractivity contribution in [2.24, 2.45) is 12.8 Å². The van der Waals surface area contributed by atoms with Crippen LogP contribution in [0, 0.1) is 5.82 Å². The highest BCUT2D eigenvalue weighted by Gasteiger charge is 2.08. The first-order valence-electron chi connectivity index (χ1n) is 5.27. The van der Waals surface area contributed by atoms with Crippen LogP contribution in [0.15, 0.2) is 41.6 Å². The summed E-state index contributed by atoms with van der Waals surface area (Å²) in [5.41, 5.74) is 7.05. The maximum Gasteiger partial charge on any atom is 0.123 e. The van der Waals surface area contributed by atoms with Gasteiger partial charge in [-0.15, -0.1) is 11.8 Å². The molecule has 2 N–H and O–H groups in total. The van der Waals surface area contributed by atoms with Gasteiger partial charge in [0.1, 0.15) is 5.82 Å². The van der Waals surface area contributed by atoms with Crippen LogP contribution >= 0.6 is 11.8 Å². The summed E-state index contributed by atoms with van der Waals surface area (Å²) in [6.45, 7) is 0. The van der Waals surface area contributed by atoms with E-state index < -0.39 is 0 Å². The lowest BCUT2D eigenvalue weighted by atomic mass is 10.2. The highest BCUT2D eigenvalue weighted by Crippen LogP contribution is 2.23. The maximum absolute atomic E-state index is 12.7. The van der Waals surface area contributed by atoms with Crippen LogP contribution in [0.2, 0.25) is 0 Å². The maximum atomic E-state index is 12.7. The zero-order valence-electron chi connectivity index (χ0n) is 9.51. The van der Waals surface area contributed by atoms with Crippen molar-refractivity contribution >= 4 is 11.8 Å². The molecule has 0 radical (unpaired) electrons. The Kier molecular flexibility index (Phi) is 3.81. The van der Waals surface area contributed by atoms with Crippen LogP contribution in [0.1, 0.15) is 11.6 Å². The van der Waals surface area contributed by atoms with Gasteiger partial charge in [0.05, 0.1) is 6.20 Å². The molecule has 1 aromatic heterocycles. The third-order valence-corrected chi connectivity index (χ3v) is 3.53. The number of halogens is 1. The van der Waals surface area contributed by atoms with Gasteiger partial charge in [0.15, 0.2) is 0 Å². The molecule has 1 unspecified atom stereocenters. The molecule has 2 rings (SSSR count). The third-order valence-electron chi connectivity index (χ3n) is 2.40. The number of hydrogen-bond acceptors (Lipinski definition) is 3. The highest BCUT2D eigenvalue weighted by atomic mass is 32.2. The molecule has 0 aliphatic rings. The van der Waals surface area contributed by atoms with Crippen molar-refractivity contribution in [1.82, 2.24) is 9.78 Å². The van der Waals surface area contributed by atoms with Crippen LogP contribution in [-0.2, 0) is 7.05 Å². The van der Waals surface area contributed by atoms with E-state index in [0.29, 0.717) is 0 Å². The fourth-order valence-corrected chi connectivity index (χ4v) is 2.34. The van der Waals surface area contributed by atoms with E-state index in [2.05, 4.69) is 5.10 Å². The zero-order valence-corrected chi connectivity index (χ0v) is 10.3. The normalized spacial score (nSPS) is 12.6. The van der Waals surface area contributed by atoms with Crippen molar-refractivity contribution in [3.8, 4) is 0 Å². The molecule has 2 aromatic rings. The van der Waals surface area contributed by atoms with Gasteiger partial charge in [-0.05, 0) is 24.3 Å². The number of nitrogens with two attached hydrogens (primary N) is 1. The molecule has 1 heterocycles. The summed E-state index contributed by atoms with van der Waals surface area (Å²) in [6, 6.07) is 6.38. The number of rotatable bonds is 4. The van der Waals surface area contributed by atoms with Crippen molar-refractivity contribution < 1.29 is 4.39 Å². The van der Waals surface area contributed by atoms with Gasteiger partial charge in [0.2, 0.25) is 0 Å². The number of benzene rings is 1. The van der Waals surface area contributed by atoms with Gasteiger partial charge < -0.3 is 5.73 Å². The molecule has 5 heteroatoms.